The topological polar surface area (TPSA) is 160 Å². The molecule has 3 N–H and O–H groups in total. The molecular formula is C22H31N5O7. The van der Waals surface area contributed by atoms with E-state index in [-0.39, 0.29) is 36.8 Å². The van der Waals surface area contributed by atoms with Gasteiger partial charge in [0, 0.05) is 24.8 Å². The van der Waals surface area contributed by atoms with E-state index in [0.29, 0.717) is 37.4 Å². The largest absolute Gasteiger partial charge is 0.390 e. The first-order valence-electron chi connectivity index (χ1n) is 11.9. The Kier molecular flexibility index (Phi) is 6.17. The molecule has 0 radical (unpaired) electrons. The molecule has 0 aromatic carbocycles. The molecule has 2 amide bonds. The van der Waals surface area contributed by atoms with Crippen LogP contribution in [-0.2, 0) is 19.2 Å². The van der Waals surface area contributed by atoms with Gasteiger partial charge in [-0.1, -0.05) is 10.4 Å². The van der Waals surface area contributed by atoms with Gasteiger partial charge in [-0.25, -0.2) is 4.68 Å². The second-order valence-corrected chi connectivity index (χ2v) is 9.70. The number of ether oxygens (including phenoxy) is 1. The summed E-state index contributed by atoms with van der Waals surface area (Å²) in [6, 6.07) is -0.306. The first-order valence-corrected chi connectivity index (χ1v) is 11.9. The van der Waals surface area contributed by atoms with Crippen molar-refractivity contribution >= 4 is 17.5 Å². The molecule has 0 unspecified atom stereocenters. The number of aliphatic hydroxyl groups is 3. The van der Waals surface area contributed by atoms with Crippen LogP contribution in [0.5, 0.6) is 0 Å². The fraction of sp³-hybridized carbons (Fsp3) is 0.773. The number of carbonyl (C=O) groups excluding carboxylic acids is 2. The zero-order valence-corrected chi connectivity index (χ0v) is 19.2. The van der Waals surface area contributed by atoms with Crippen LogP contribution in [0.4, 0.5) is 0 Å². The van der Waals surface area contributed by atoms with Crippen molar-refractivity contribution in [2.24, 2.45) is 28.8 Å². The molecular weight excluding hydrogens is 446 g/mol. The van der Waals surface area contributed by atoms with Gasteiger partial charge in [-0.3, -0.25) is 14.5 Å². The Hall–Kier alpha value is -2.41. The number of carbonyl (C=O) groups is 2. The van der Waals surface area contributed by atoms with Gasteiger partial charge in [0.05, 0.1) is 49.2 Å². The molecule has 1 aromatic rings. The van der Waals surface area contributed by atoms with E-state index < -0.39 is 42.2 Å². The molecule has 5 rings (SSSR count). The Morgan fingerprint density at radius 3 is 2.65 bits per heavy atom. The van der Waals surface area contributed by atoms with Gasteiger partial charge in [0.2, 0.25) is 11.8 Å². The second kappa shape index (κ2) is 8.99. The second-order valence-electron chi connectivity index (χ2n) is 9.70. The molecule has 34 heavy (non-hydrogen) atoms. The van der Waals surface area contributed by atoms with Crippen LogP contribution < -0.4 is 0 Å². The number of hydrogen-bond acceptors (Lipinski definition) is 10. The zero-order chi connectivity index (χ0) is 24.1. The van der Waals surface area contributed by atoms with Crippen molar-refractivity contribution in [2.45, 2.75) is 63.6 Å². The lowest BCUT2D eigenvalue weighted by molar-refractivity contribution is -0.141. The van der Waals surface area contributed by atoms with Gasteiger partial charge < -0.3 is 24.9 Å². The number of likely N-dealkylation sites (tertiary alicyclic amines) is 1. The zero-order valence-electron chi connectivity index (χ0n) is 19.2. The average molecular weight is 478 g/mol. The van der Waals surface area contributed by atoms with Crippen LogP contribution >= 0.6 is 0 Å². The quantitative estimate of drug-likeness (QED) is 0.372. The lowest BCUT2D eigenvalue weighted by atomic mass is 9.60. The van der Waals surface area contributed by atoms with Gasteiger partial charge in [0.15, 0.2) is 6.10 Å². The van der Waals surface area contributed by atoms with Crippen molar-refractivity contribution in [1.29, 1.82) is 0 Å². The molecule has 9 atom stereocenters. The van der Waals surface area contributed by atoms with E-state index >= 15 is 0 Å². The molecule has 2 aliphatic heterocycles. The molecule has 2 aliphatic carbocycles. The highest BCUT2D eigenvalue weighted by Gasteiger charge is 2.59. The predicted octanol–water partition coefficient (Wildman–Crippen LogP) is -0.583. The molecule has 4 aliphatic rings. The summed E-state index contributed by atoms with van der Waals surface area (Å²) in [7, 11) is 0. The van der Waals surface area contributed by atoms with Crippen LogP contribution in [0, 0.1) is 23.7 Å². The van der Waals surface area contributed by atoms with Gasteiger partial charge in [0.1, 0.15) is 17.8 Å². The summed E-state index contributed by atoms with van der Waals surface area (Å²) in [5.74, 6) is -2.42. The molecule has 12 nitrogen and oxygen atoms in total. The Labute approximate surface area is 196 Å². The number of amides is 2. The van der Waals surface area contributed by atoms with E-state index in [2.05, 4.69) is 15.5 Å². The Balaban J connectivity index is 1.33. The number of imide groups is 1. The van der Waals surface area contributed by atoms with Crippen molar-refractivity contribution in [3.05, 3.63) is 11.9 Å². The summed E-state index contributed by atoms with van der Waals surface area (Å²) in [6.45, 7) is 4.43. The number of oxime groups is 1. The number of aromatic nitrogens is 3. The maximum atomic E-state index is 13.0. The van der Waals surface area contributed by atoms with Crippen LogP contribution in [0.3, 0.4) is 0 Å². The minimum absolute atomic E-state index is 0.129. The first-order chi connectivity index (χ1) is 16.3. The van der Waals surface area contributed by atoms with Crippen LogP contribution in [-0.4, -0.2) is 90.8 Å². The van der Waals surface area contributed by atoms with Crippen LogP contribution in [0.25, 0.3) is 0 Å². The monoisotopic (exact) mass is 477 g/mol. The van der Waals surface area contributed by atoms with E-state index in [0.717, 1.165) is 0 Å². The van der Waals surface area contributed by atoms with Crippen LogP contribution in [0.2, 0.25) is 0 Å². The highest BCUT2D eigenvalue weighted by molar-refractivity contribution is 6.06. The highest BCUT2D eigenvalue weighted by Crippen LogP contribution is 2.49. The molecule has 0 spiro atoms. The van der Waals surface area contributed by atoms with Crippen LogP contribution in [0.1, 0.15) is 50.9 Å². The van der Waals surface area contributed by atoms with Crippen LogP contribution in [0.15, 0.2) is 11.4 Å². The van der Waals surface area contributed by atoms with E-state index in [4.69, 9.17) is 9.57 Å². The third-order valence-electron chi connectivity index (χ3n) is 7.82. The summed E-state index contributed by atoms with van der Waals surface area (Å²) in [6.07, 6.45) is -0.480. The lowest BCUT2D eigenvalue weighted by Gasteiger charge is -2.45. The minimum Gasteiger partial charge on any atom is -0.390 e. The third-order valence-corrected chi connectivity index (χ3v) is 7.82. The fourth-order valence-corrected chi connectivity index (χ4v) is 5.97. The van der Waals surface area contributed by atoms with Gasteiger partial charge >= 0.3 is 0 Å². The molecule has 12 heteroatoms. The lowest BCUT2D eigenvalue weighted by Crippen LogP contribution is -2.54. The number of rotatable bonds is 5. The molecule has 4 fully saturated rings. The Morgan fingerprint density at radius 2 is 1.94 bits per heavy atom. The fourth-order valence-electron chi connectivity index (χ4n) is 5.97. The summed E-state index contributed by atoms with van der Waals surface area (Å²) in [4.78, 5) is 32.6. The normalized spacial score (nSPS) is 39.9. The molecule has 1 aromatic heterocycles. The number of fused-ring (bicyclic) bond motifs is 3. The van der Waals surface area contributed by atoms with Crippen molar-refractivity contribution in [3.8, 4) is 0 Å². The molecule has 3 heterocycles. The first kappa shape index (κ1) is 23.3. The van der Waals surface area contributed by atoms with E-state index in [1.54, 1.807) is 24.7 Å². The SMILES string of the molecule is CCN1C(=O)[C@@H]2[C@H]3[C@H](O)[C@H](O)CC(=NO[C@H](C)c4cn([C@@H]5COC[C@@H]5O)nn4)[C@@H]3CC[C@H]2C1=O. The summed E-state index contributed by atoms with van der Waals surface area (Å²) < 4.78 is 6.82. The van der Waals surface area contributed by atoms with Gasteiger partial charge in [0.25, 0.3) is 0 Å². The average Bonchev–Trinajstić information content (AvgIpc) is 3.53. The Bertz CT molecular complexity index is 983. The Morgan fingerprint density at radius 1 is 1.18 bits per heavy atom. The maximum absolute atomic E-state index is 13.0. The molecule has 0 bridgehead atoms. The molecule has 186 valence electrons. The predicted molar refractivity (Wildman–Crippen MR) is 115 cm³/mol. The van der Waals surface area contributed by atoms with E-state index in [9.17, 15) is 24.9 Å². The number of hydrogen-bond donors (Lipinski definition) is 3. The van der Waals surface area contributed by atoms with Gasteiger partial charge in [-0.05, 0) is 26.7 Å². The van der Waals surface area contributed by atoms with Crippen molar-refractivity contribution in [3.63, 3.8) is 0 Å². The van der Waals surface area contributed by atoms with Crippen molar-refractivity contribution < 1.29 is 34.5 Å². The third kappa shape index (κ3) is 3.72. The molecule has 2 saturated carbocycles. The standard InChI is InChI=1S/C22H31N5O7/c1-3-26-21(31)12-5-4-11-13(6-16(28)20(30)18(11)19(12)22(26)32)24-34-10(2)14-7-27(25-23-14)15-8-33-9-17(15)29/h7,10-12,15-20,28-30H,3-6,8-9H2,1-2H3/t10-,11+,12-,15-,16-,17+,18+,19+,20-/m1/s1. The van der Waals surface area contributed by atoms with Gasteiger partial charge in [-0.2, -0.15) is 0 Å². The van der Waals surface area contributed by atoms with Crippen molar-refractivity contribution in [1.82, 2.24) is 19.9 Å². The van der Waals surface area contributed by atoms with E-state index in [1.807, 2.05) is 0 Å². The van der Waals surface area contributed by atoms with Crippen molar-refractivity contribution in [2.75, 3.05) is 19.8 Å². The smallest absolute Gasteiger partial charge is 0.233 e. The highest BCUT2D eigenvalue weighted by atomic mass is 16.6. The minimum atomic E-state index is -1.11. The van der Waals surface area contributed by atoms with E-state index in [1.165, 1.54) is 4.90 Å². The summed E-state index contributed by atoms with van der Waals surface area (Å²) in [5, 5.41) is 43.9. The summed E-state index contributed by atoms with van der Waals surface area (Å²) >= 11 is 0. The number of nitrogens with zero attached hydrogens (tertiary/aromatic N) is 5. The molecule has 2 saturated heterocycles. The maximum Gasteiger partial charge on any atom is 0.233 e. The number of aliphatic hydroxyl groups excluding tert-OH is 3. The summed E-state index contributed by atoms with van der Waals surface area (Å²) in [5.41, 5.74) is 1.10. The van der Waals surface area contributed by atoms with Gasteiger partial charge in [-0.15, -0.1) is 5.10 Å².